The first-order valence-corrected chi connectivity index (χ1v) is 8.24. The fourth-order valence-electron chi connectivity index (χ4n) is 5.41. The highest BCUT2D eigenvalue weighted by Gasteiger charge is 2.72. The Bertz CT molecular complexity index is 446. The zero-order chi connectivity index (χ0) is 13.6. The molecule has 3 aliphatic carbocycles. The number of fused-ring (bicyclic) bond motifs is 1. The van der Waals surface area contributed by atoms with Crippen LogP contribution in [0.25, 0.3) is 0 Å². The zero-order valence-electron chi connectivity index (χ0n) is 13.0. The topological polar surface area (TPSA) is 0 Å². The summed E-state index contributed by atoms with van der Waals surface area (Å²) < 4.78 is 0. The van der Waals surface area contributed by atoms with E-state index in [9.17, 15) is 0 Å². The molecule has 0 amide bonds. The fourth-order valence-corrected chi connectivity index (χ4v) is 5.41. The van der Waals surface area contributed by atoms with Crippen LogP contribution < -0.4 is 0 Å². The van der Waals surface area contributed by atoms with E-state index in [4.69, 9.17) is 0 Å². The van der Waals surface area contributed by atoms with Crippen LogP contribution in [0.15, 0.2) is 11.6 Å². The third-order valence-corrected chi connectivity index (χ3v) is 6.22. The van der Waals surface area contributed by atoms with Gasteiger partial charge in [0.2, 0.25) is 0 Å². The van der Waals surface area contributed by atoms with Gasteiger partial charge in [0.1, 0.15) is 0 Å². The Morgan fingerprint density at radius 3 is 2.79 bits per heavy atom. The summed E-state index contributed by atoms with van der Waals surface area (Å²) in [5.41, 5.74) is 2.45. The van der Waals surface area contributed by atoms with E-state index in [2.05, 4.69) is 38.7 Å². The van der Waals surface area contributed by atoms with E-state index in [1.165, 1.54) is 32.1 Å². The summed E-state index contributed by atoms with van der Waals surface area (Å²) in [5, 5.41) is 0. The van der Waals surface area contributed by atoms with Crippen LogP contribution in [-0.4, -0.2) is 0 Å². The zero-order valence-corrected chi connectivity index (χ0v) is 13.0. The third kappa shape index (κ3) is 1.97. The minimum Gasteiger partial charge on any atom is -0.106 e. The Hall–Kier alpha value is -0.700. The summed E-state index contributed by atoms with van der Waals surface area (Å²) in [7, 11) is 0. The summed E-state index contributed by atoms with van der Waals surface area (Å²) >= 11 is 0. The van der Waals surface area contributed by atoms with Crippen molar-refractivity contribution < 1.29 is 0 Å². The molecular weight excluding hydrogens is 228 g/mol. The standard InChI is InChI=1S/C19H28/c1-5-7-14(4)18-16(6-2)17-12-19(17,18)9-8-15-10-13(3)11-15/h10,13-14,16-18H,6,8-9,11-12H2,1-4H3. The molecule has 0 heteroatoms. The van der Waals surface area contributed by atoms with Crippen LogP contribution in [0.5, 0.6) is 0 Å². The maximum Gasteiger partial charge on any atom is 0.0210 e. The van der Waals surface area contributed by atoms with Gasteiger partial charge in [0.05, 0.1) is 0 Å². The summed E-state index contributed by atoms with van der Waals surface area (Å²) in [5.74, 6) is 11.0. The lowest BCUT2D eigenvalue weighted by Gasteiger charge is -2.47. The van der Waals surface area contributed by atoms with Gasteiger partial charge in [-0.05, 0) is 61.7 Å². The maximum absolute atomic E-state index is 3.45. The molecule has 0 aromatic heterocycles. The third-order valence-electron chi connectivity index (χ3n) is 6.22. The second kappa shape index (κ2) is 4.69. The van der Waals surface area contributed by atoms with Crippen molar-refractivity contribution >= 4 is 0 Å². The highest BCUT2D eigenvalue weighted by Crippen LogP contribution is 2.78. The first-order valence-electron chi connectivity index (χ1n) is 8.24. The van der Waals surface area contributed by atoms with E-state index < -0.39 is 0 Å². The highest BCUT2D eigenvalue weighted by atomic mass is 14.8. The Balaban J connectivity index is 1.63. The lowest BCUT2D eigenvalue weighted by atomic mass is 9.57. The molecule has 0 heterocycles. The molecule has 0 spiro atoms. The minimum atomic E-state index is 0.614. The Morgan fingerprint density at radius 2 is 2.21 bits per heavy atom. The van der Waals surface area contributed by atoms with Crippen molar-refractivity contribution in [3.8, 4) is 11.8 Å². The van der Waals surface area contributed by atoms with E-state index in [0.717, 1.165) is 23.7 Å². The van der Waals surface area contributed by atoms with Gasteiger partial charge in [-0.2, -0.15) is 0 Å². The van der Waals surface area contributed by atoms with Gasteiger partial charge in [-0.3, -0.25) is 0 Å². The van der Waals surface area contributed by atoms with Crippen LogP contribution in [-0.2, 0) is 0 Å². The molecule has 6 atom stereocenters. The smallest absolute Gasteiger partial charge is 0.0210 e. The van der Waals surface area contributed by atoms with E-state index in [0.29, 0.717) is 11.3 Å². The van der Waals surface area contributed by atoms with Gasteiger partial charge in [0, 0.05) is 5.92 Å². The average molecular weight is 256 g/mol. The highest BCUT2D eigenvalue weighted by molar-refractivity contribution is 5.25. The first-order chi connectivity index (χ1) is 9.12. The SMILES string of the molecule is CC#CC(C)C1C(CC)C2CC21CCC1=CC(C)C1. The predicted molar refractivity (Wildman–Crippen MR) is 81.5 cm³/mol. The Labute approximate surface area is 119 Å². The van der Waals surface area contributed by atoms with Crippen molar-refractivity contribution in [3.05, 3.63) is 11.6 Å². The normalized spacial score (nSPS) is 43.9. The van der Waals surface area contributed by atoms with Crippen LogP contribution in [0.4, 0.5) is 0 Å². The van der Waals surface area contributed by atoms with Gasteiger partial charge < -0.3 is 0 Å². The molecule has 0 radical (unpaired) electrons. The van der Waals surface area contributed by atoms with Crippen molar-refractivity contribution in [1.82, 2.24) is 0 Å². The molecular formula is C19H28. The van der Waals surface area contributed by atoms with Crippen molar-refractivity contribution in [2.45, 2.75) is 59.8 Å². The molecule has 0 N–H and O–H groups in total. The maximum atomic E-state index is 3.45. The number of allylic oxidation sites excluding steroid dienone is 2. The Morgan fingerprint density at radius 1 is 1.47 bits per heavy atom. The van der Waals surface area contributed by atoms with E-state index in [1.807, 2.05) is 6.92 Å². The molecule has 0 saturated heterocycles. The lowest BCUT2D eigenvalue weighted by Crippen LogP contribution is -2.42. The lowest BCUT2D eigenvalue weighted by molar-refractivity contribution is 0.0212. The molecule has 104 valence electrons. The predicted octanol–water partition coefficient (Wildman–Crippen LogP) is 5.05. The molecule has 19 heavy (non-hydrogen) atoms. The van der Waals surface area contributed by atoms with E-state index in [-0.39, 0.29) is 0 Å². The average Bonchev–Trinajstić information content (AvgIpc) is 2.93. The molecule has 0 aliphatic heterocycles. The van der Waals surface area contributed by atoms with Crippen LogP contribution >= 0.6 is 0 Å². The second-order valence-electron chi connectivity index (χ2n) is 7.33. The molecule has 3 aliphatic rings. The van der Waals surface area contributed by atoms with Crippen molar-refractivity contribution in [1.29, 1.82) is 0 Å². The summed E-state index contributed by atoms with van der Waals surface area (Å²) in [6.45, 7) is 9.07. The quantitative estimate of drug-likeness (QED) is 0.477. The Kier molecular flexibility index (Phi) is 3.28. The van der Waals surface area contributed by atoms with Crippen LogP contribution in [0.1, 0.15) is 59.8 Å². The molecule has 0 aromatic carbocycles. The molecule has 2 fully saturated rings. The summed E-state index contributed by atoms with van der Waals surface area (Å²) in [6.07, 6.45) is 9.57. The van der Waals surface area contributed by atoms with Crippen molar-refractivity contribution in [3.63, 3.8) is 0 Å². The van der Waals surface area contributed by atoms with Gasteiger partial charge in [-0.1, -0.05) is 38.8 Å². The largest absolute Gasteiger partial charge is 0.106 e. The van der Waals surface area contributed by atoms with Gasteiger partial charge >= 0.3 is 0 Å². The van der Waals surface area contributed by atoms with Gasteiger partial charge in [0.25, 0.3) is 0 Å². The molecule has 0 bridgehead atoms. The fraction of sp³-hybridized carbons (Fsp3) is 0.789. The van der Waals surface area contributed by atoms with Crippen LogP contribution in [0, 0.1) is 46.8 Å². The van der Waals surface area contributed by atoms with Crippen molar-refractivity contribution in [2.75, 3.05) is 0 Å². The molecule has 3 rings (SSSR count). The molecule has 2 saturated carbocycles. The monoisotopic (exact) mass is 256 g/mol. The number of hydrogen-bond acceptors (Lipinski definition) is 0. The van der Waals surface area contributed by atoms with Crippen LogP contribution in [0.3, 0.4) is 0 Å². The minimum absolute atomic E-state index is 0.614. The van der Waals surface area contributed by atoms with Gasteiger partial charge in [0.15, 0.2) is 0 Å². The van der Waals surface area contributed by atoms with Crippen molar-refractivity contribution in [2.24, 2.45) is 35.0 Å². The van der Waals surface area contributed by atoms with Crippen LogP contribution in [0.2, 0.25) is 0 Å². The summed E-state index contributed by atoms with van der Waals surface area (Å²) in [4.78, 5) is 0. The van der Waals surface area contributed by atoms with Gasteiger partial charge in [-0.15, -0.1) is 11.8 Å². The van der Waals surface area contributed by atoms with Gasteiger partial charge in [-0.25, -0.2) is 0 Å². The second-order valence-corrected chi connectivity index (χ2v) is 7.33. The molecule has 6 unspecified atom stereocenters. The number of rotatable bonds is 5. The van der Waals surface area contributed by atoms with E-state index in [1.54, 1.807) is 5.57 Å². The van der Waals surface area contributed by atoms with E-state index >= 15 is 0 Å². The molecule has 0 nitrogen and oxygen atoms in total. The first kappa shape index (κ1) is 13.3. The molecule has 0 aromatic rings. The summed E-state index contributed by atoms with van der Waals surface area (Å²) in [6, 6.07) is 0. The number of hydrogen-bond donors (Lipinski definition) is 0.